The zero-order valence-corrected chi connectivity index (χ0v) is 12.2. The summed E-state index contributed by atoms with van der Waals surface area (Å²) in [6.45, 7) is 11.6. The van der Waals surface area contributed by atoms with Gasteiger partial charge in [0.05, 0.1) is 0 Å². The molecule has 0 aromatic heterocycles. The van der Waals surface area contributed by atoms with Gasteiger partial charge < -0.3 is 15.5 Å². The summed E-state index contributed by atoms with van der Waals surface area (Å²) < 4.78 is 0. The smallest absolute Gasteiger partial charge is 0.221 e. The van der Waals surface area contributed by atoms with Crippen LogP contribution >= 0.6 is 0 Å². The summed E-state index contributed by atoms with van der Waals surface area (Å²) in [5.74, 6) is 0.980. The Morgan fingerprint density at radius 3 is 2.61 bits per heavy atom. The number of hydrogen-bond donors (Lipinski definition) is 2. The molecule has 0 aliphatic carbocycles. The molecule has 106 valence electrons. The molecule has 0 aromatic carbocycles. The maximum absolute atomic E-state index is 11.6. The maximum atomic E-state index is 11.6. The highest BCUT2D eigenvalue weighted by molar-refractivity contribution is 5.76. The second-order valence-corrected chi connectivity index (χ2v) is 5.56. The van der Waals surface area contributed by atoms with Gasteiger partial charge in [0.15, 0.2) is 0 Å². The van der Waals surface area contributed by atoms with Gasteiger partial charge in [0.2, 0.25) is 5.91 Å². The first-order valence-electron chi connectivity index (χ1n) is 7.34. The molecule has 1 aliphatic heterocycles. The third kappa shape index (κ3) is 6.36. The Kier molecular flexibility index (Phi) is 7.28. The minimum absolute atomic E-state index is 0.175. The lowest BCUT2D eigenvalue weighted by molar-refractivity contribution is -0.121. The molecule has 1 amide bonds. The first kappa shape index (κ1) is 15.4. The van der Waals surface area contributed by atoms with Crippen molar-refractivity contribution in [3.63, 3.8) is 0 Å². The second kappa shape index (κ2) is 8.48. The first-order chi connectivity index (χ1) is 8.61. The topological polar surface area (TPSA) is 44.4 Å². The van der Waals surface area contributed by atoms with Crippen LogP contribution in [0.5, 0.6) is 0 Å². The predicted octanol–water partition coefficient (Wildman–Crippen LogP) is 1.22. The number of rotatable bonds is 7. The van der Waals surface area contributed by atoms with Crippen LogP contribution in [-0.4, -0.2) is 49.6 Å². The van der Waals surface area contributed by atoms with Gasteiger partial charge in [-0.1, -0.05) is 6.92 Å². The molecular weight excluding hydrogens is 226 g/mol. The van der Waals surface area contributed by atoms with Crippen LogP contribution in [0.3, 0.4) is 0 Å². The van der Waals surface area contributed by atoms with Gasteiger partial charge in [-0.3, -0.25) is 4.79 Å². The summed E-state index contributed by atoms with van der Waals surface area (Å²) in [7, 11) is 0. The van der Waals surface area contributed by atoms with Crippen molar-refractivity contribution in [2.45, 2.75) is 46.1 Å². The van der Waals surface area contributed by atoms with Gasteiger partial charge in [-0.05, 0) is 52.2 Å². The molecular formula is C14H29N3O. The van der Waals surface area contributed by atoms with Crippen LogP contribution in [0.4, 0.5) is 0 Å². The minimum atomic E-state index is 0.175. The number of carbonyl (C=O) groups is 1. The quantitative estimate of drug-likeness (QED) is 0.719. The number of nitrogens with zero attached hydrogens (tertiary/aromatic N) is 1. The molecule has 0 bridgehead atoms. The molecule has 0 aromatic rings. The highest BCUT2D eigenvalue weighted by Crippen LogP contribution is 2.13. The molecule has 0 spiro atoms. The van der Waals surface area contributed by atoms with Crippen LogP contribution in [0.1, 0.15) is 40.0 Å². The average Bonchev–Trinajstić information content (AvgIpc) is 2.35. The van der Waals surface area contributed by atoms with Crippen LogP contribution in [0, 0.1) is 5.92 Å². The van der Waals surface area contributed by atoms with Crippen molar-refractivity contribution in [3.8, 4) is 0 Å². The van der Waals surface area contributed by atoms with Crippen LogP contribution in [0.25, 0.3) is 0 Å². The molecule has 4 nitrogen and oxygen atoms in total. The molecule has 1 saturated heterocycles. The molecule has 2 N–H and O–H groups in total. The lowest BCUT2D eigenvalue weighted by Crippen LogP contribution is -2.38. The Hall–Kier alpha value is -0.610. The molecule has 1 rings (SSSR count). The fourth-order valence-corrected chi connectivity index (χ4v) is 2.46. The van der Waals surface area contributed by atoms with E-state index in [0.29, 0.717) is 6.42 Å². The van der Waals surface area contributed by atoms with Gasteiger partial charge in [-0.15, -0.1) is 0 Å². The van der Waals surface area contributed by atoms with Crippen molar-refractivity contribution in [1.29, 1.82) is 0 Å². The van der Waals surface area contributed by atoms with E-state index in [1.807, 2.05) is 13.8 Å². The van der Waals surface area contributed by atoms with Crippen molar-refractivity contribution < 1.29 is 4.79 Å². The lowest BCUT2D eigenvalue weighted by Gasteiger charge is -2.29. The van der Waals surface area contributed by atoms with Crippen LogP contribution in [0.2, 0.25) is 0 Å². The molecule has 1 fully saturated rings. The Labute approximate surface area is 111 Å². The number of amides is 1. The SMILES string of the molecule is CCN(CCC(=O)NC(C)C)CC1CCNCC1. The van der Waals surface area contributed by atoms with E-state index in [2.05, 4.69) is 22.5 Å². The van der Waals surface area contributed by atoms with E-state index < -0.39 is 0 Å². The molecule has 1 heterocycles. The zero-order valence-electron chi connectivity index (χ0n) is 12.2. The second-order valence-electron chi connectivity index (χ2n) is 5.56. The van der Waals surface area contributed by atoms with Gasteiger partial charge in [-0.25, -0.2) is 0 Å². The van der Waals surface area contributed by atoms with Gasteiger partial charge in [0.1, 0.15) is 0 Å². The Morgan fingerprint density at radius 2 is 2.06 bits per heavy atom. The first-order valence-corrected chi connectivity index (χ1v) is 7.34. The van der Waals surface area contributed by atoms with Crippen molar-refractivity contribution in [2.75, 3.05) is 32.7 Å². The molecule has 0 radical (unpaired) electrons. The summed E-state index contributed by atoms with van der Waals surface area (Å²) in [5.41, 5.74) is 0. The van der Waals surface area contributed by atoms with Crippen LogP contribution in [0.15, 0.2) is 0 Å². The van der Waals surface area contributed by atoms with Gasteiger partial charge in [0, 0.05) is 25.6 Å². The van der Waals surface area contributed by atoms with E-state index >= 15 is 0 Å². The fourth-order valence-electron chi connectivity index (χ4n) is 2.46. The molecule has 0 unspecified atom stereocenters. The summed E-state index contributed by atoms with van der Waals surface area (Å²) in [4.78, 5) is 14.0. The molecule has 18 heavy (non-hydrogen) atoms. The van der Waals surface area contributed by atoms with Crippen LogP contribution < -0.4 is 10.6 Å². The van der Waals surface area contributed by atoms with E-state index in [4.69, 9.17) is 0 Å². The third-order valence-corrected chi connectivity index (χ3v) is 3.53. The normalized spacial score (nSPS) is 17.4. The Bertz CT molecular complexity index is 237. The summed E-state index contributed by atoms with van der Waals surface area (Å²) in [6.07, 6.45) is 3.17. The third-order valence-electron chi connectivity index (χ3n) is 3.53. The molecule has 0 atom stereocenters. The summed E-state index contributed by atoms with van der Waals surface area (Å²) >= 11 is 0. The fraction of sp³-hybridized carbons (Fsp3) is 0.929. The van der Waals surface area contributed by atoms with E-state index in [0.717, 1.165) is 38.6 Å². The monoisotopic (exact) mass is 255 g/mol. The van der Waals surface area contributed by atoms with Gasteiger partial charge in [-0.2, -0.15) is 0 Å². The van der Waals surface area contributed by atoms with Gasteiger partial charge in [0.25, 0.3) is 0 Å². The Morgan fingerprint density at radius 1 is 1.39 bits per heavy atom. The van der Waals surface area contributed by atoms with Crippen molar-refractivity contribution in [2.24, 2.45) is 5.92 Å². The number of nitrogens with one attached hydrogen (secondary N) is 2. The Balaban J connectivity index is 2.21. The minimum Gasteiger partial charge on any atom is -0.354 e. The van der Waals surface area contributed by atoms with Crippen molar-refractivity contribution in [1.82, 2.24) is 15.5 Å². The highest BCUT2D eigenvalue weighted by atomic mass is 16.1. The van der Waals surface area contributed by atoms with Crippen LogP contribution in [-0.2, 0) is 4.79 Å². The lowest BCUT2D eigenvalue weighted by atomic mass is 9.97. The van der Waals surface area contributed by atoms with E-state index in [1.165, 1.54) is 12.8 Å². The number of hydrogen-bond acceptors (Lipinski definition) is 3. The highest BCUT2D eigenvalue weighted by Gasteiger charge is 2.16. The summed E-state index contributed by atoms with van der Waals surface area (Å²) in [6, 6.07) is 0.247. The zero-order chi connectivity index (χ0) is 13.4. The number of carbonyl (C=O) groups excluding carboxylic acids is 1. The van der Waals surface area contributed by atoms with E-state index in [-0.39, 0.29) is 11.9 Å². The standard InChI is InChI=1S/C14H29N3O/c1-4-17(10-7-14(18)16-12(2)3)11-13-5-8-15-9-6-13/h12-13,15H,4-11H2,1-3H3,(H,16,18). The van der Waals surface area contributed by atoms with Crippen molar-refractivity contribution in [3.05, 3.63) is 0 Å². The van der Waals surface area contributed by atoms with E-state index in [9.17, 15) is 4.79 Å². The van der Waals surface area contributed by atoms with E-state index in [1.54, 1.807) is 0 Å². The number of piperidine rings is 1. The van der Waals surface area contributed by atoms with Crippen molar-refractivity contribution >= 4 is 5.91 Å². The molecule has 4 heteroatoms. The largest absolute Gasteiger partial charge is 0.354 e. The average molecular weight is 255 g/mol. The maximum Gasteiger partial charge on any atom is 0.221 e. The molecule has 1 aliphatic rings. The summed E-state index contributed by atoms with van der Waals surface area (Å²) in [5, 5.41) is 6.35. The molecule has 0 saturated carbocycles. The van der Waals surface area contributed by atoms with Gasteiger partial charge >= 0.3 is 0 Å². The predicted molar refractivity (Wildman–Crippen MR) is 75.6 cm³/mol.